The van der Waals surface area contributed by atoms with Crippen LogP contribution in [0.5, 0.6) is 5.75 Å². The van der Waals surface area contributed by atoms with E-state index in [1.807, 2.05) is 27.7 Å². The Kier molecular flexibility index (Phi) is 5.79. The quantitative estimate of drug-likeness (QED) is 0.541. The SMILES string of the molecule is CCCCc1cc(=O)oc2cc(OCC(=O)N3C[C@@H]4C[C@H](C3)c3cccc(=O)n3C4)ccc12. The van der Waals surface area contributed by atoms with Gasteiger partial charge in [0, 0.05) is 54.8 Å². The molecule has 1 aromatic carbocycles. The summed E-state index contributed by atoms with van der Waals surface area (Å²) >= 11 is 0. The maximum absolute atomic E-state index is 12.9. The zero-order chi connectivity index (χ0) is 22.9. The fraction of sp³-hybridized carbons (Fsp3) is 0.423. The first-order valence-corrected chi connectivity index (χ1v) is 11.7. The van der Waals surface area contributed by atoms with Crippen molar-refractivity contribution in [3.8, 4) is 5.75 Å². The number of amides is 1. The van der Waals surface area contributed by atoms with Gasteiger partial charge in [-0.2, -0.15) is 0 Å². The number of hydrogen-bond donors (Lipinski definition) is 0. The Bertz CT molecular complexity index is 1310. The summed E-state index contributed by atoms with van der Waals surface area (Å²) in [7, 11) is 0. The van der Waals surface area contributed by atoms with E-state index in [4.69, 9.17) is 9.15 Å². The van der Waals surface area contributed by atoms with Crippen molar-refractivity contribution in [2.24, 2.45) is 5.92 Å². The Morgan fingerprint density at radius 1 is 1.12 bits per heavy atom. The first kappa shape index (κ1) is 21.5. The minimum atomic E-state index is -0.374. The Hall–Kier alpha value is -3.35. The summed E-state index contributed by atoms with van der Waals surface area (Å²) in [4.78, 5) is 38.9. The molecule has 2 bridgehead atoms. The van der Waals surface area contributed by atoms with E-state index in [-0.39, 0.29) is 35.5 Å². The summed E-state index contributed by atoms with van der Waals surface area (Å²) in [6.45, 7) is 3.92. The van der Waals surface area contributed by atoms with Crippen LogP contribution in [0.4, 0.5) is 0 Å². The molecule has 2 atom stereocenters. The zero-order valence-electron chi connectivity index (χ0n) is 18.8. The van der Waals surface area contributed by atoms with Crippen LogP contribution in [0.3, 0.4) is 0 Å². The number of unbranched alkanes of at least 4 members (excludes halogenated alkanes) is 1. The number of piperidine rings is 1. The number of nitrogens with zero attached hydrogens (tertiary/aromatic N) is 2. The molecule has 0 radical (unpaired) electrons. The van der Waals surface area contributed by atoms with Crippen LogP contribution in [0, 0.1) is 5.92 Å². The van der Waals surface area contributed by atoms with Gasteiger partial charge in [-0.3, -0.25) is 9.59 Å². The third kappa shape index (κ3) is 4.32. The lowest BCUT2D eigenvalue weighted by Gasteiger charge is -2.42. The molecule has 2 aromatic heterocycles. The summed E-state index contributed by atoms with van der Waals surface area (Å²) in [6, 6.07) is 12.3. The molecule has 7 nitrogen and oxygen atoms in total. The first-order valence-electron chi connectivity index (χ1n) is 11.7. The molecular weight excluding hydrogens is 420 g/mol. The van der Waals surface area contributed by atoms with Gasteiger partial charge in [0.1, 0.15) is 11.3 Å². The number of ether oxygens (including phenoxy) is 1. The van der Waals surface area contributed by atoms with Gasteiger partial charge in [0.15, 0.2) is 6.61 Å². The Morgan fingerprint density at radius 3 is 2.85 bits per heavy atom. The van der Waals surface area contributed by atoms with Crippen molar-refractivity contribution in [2.45, 2.75) is 45.1 Å². The topological polar surface area (TPSA) is 81.8 Å². The minimum absolute atomic E-state index is 0.0334. The third-order valence-electron chi connectivity index (χ3n) is 6.80. The molecule has 1 fully saturated rings. The van der Waals surface area contributed by atoms with Gasteiger partial charge >= 0.3 is 5.63 Å². The van der Waals surface area contributed by atoms with E-state index < -0.39 is 0 Å². The van der Waals surface area contributed by atoms with Crippen molar-refractivity contribution in [3.63, 3.8) is 0 Å². The predicted molar refractivity (Wildman–Crippen MR) is 125 cm³/mol. The van der Waals surface area contributed by atoms with E-state index in [0.29, 0.717) is 31.0 Å². The molecule has 1 amide bonds. The second-order valence-electron chi connectivity index (χ2n) is 9.14. The largest absolute Gasteiger partial charge is 0.484 e. The van der Waals surface area contributed by atoms with Crippen molar-refractivity contribution < 1.29 is 13.9 Å². The van der Waals surface area contributed by atoms with E-state index in [1.54, 1.807) is 24.3 Å². The zero-order valence-corrected chi connectivity index (χ0v) is 18.8. The van der Waals surface area contributed by atoms with E-state index in [2.05, 4.69) is 6.92 Å². The lowest BCUT2D eigenvalue weighted by molar-refractivity contribution is -0.136. The molecule has 7 heteroatoms. The molecule has 172 valence electrons. The summed E-state index contributed by atoms with van der Waals surface area (Å²) in [5.41, 5.74) is 2.13. The molecule has 4 heterocycles. The van der Waals surface area contributed by atoms with Crippen LogP contribution in [-0.4, -0.2) is 35.1 Å². The minimum Gasteiger partial charge on any atom is -0.484 e. The number of carbonyl (C=O) groups is 1. The summed E-state index contributed by atoms with van der Waals surface area (Å²) in [5, 5.41) is 0.902. The fourth-order valence-corrected chi connectivity index (χ4v) is 5.21. The van der Waals surface area contributed by atoms with Gasteiger partial charge < -0.3 is 18.6 Å². The smallest absolute Gasteiger partial charge is 0.336 e. The van der Waals surface area contributed by atoms with Crippen molar-refractivity contribution in [2.75, 3.05) is 19.7 Å². The molecule has 0 spiro atoms. The predicted octanol–water partition coefficient (Wildman–Crippen LogP) is 3.32. The average Bonchev–Trinajstić information content (AvgIpc) is 2.81. The number of aromatic nitrogens is 1. The number of rotatable bonds is 6. The monoisotopic (exact) mass is 448 g/mol. The normalized spacial score (nSPS) is 19.4. The molecule has 5 rings (SSSR count). The molecule has 33 heavy (non-hydrogen) atoms. The standard InChI is InChI=1S/C26H28N2O5/c1-2-3-5-18-11-26(31)33-23-12-20(8-9-21(18)23)32-16-25(30)27-13-17-10-19(15-27)22-6-4-7-24(29)28(22)14-17/h4,6-9,11-12,17,19H,2-3,5,10,13-16H2,1H3/t17-,19+/m0/s1. The number of likely N-dealkylation sites (tertiary alicyclic amines) is 1. The lowest BCUT2D eigenvalue weighted by Crippen LogP contribution is -2.50. The van der Waals surface area contributed by atoms with E-state index in [9.17, 15) is 14.4 Å². The second-order valence-corrected chi connectivity index (χ2v) is 9.14. The van der Waals surface area contributed by atoms with Crippen LogP contribution in [0.1, 0.15) is 43.4 Å². The maximum Gasteiger partial charge on any atom is 0.336 e. The van der Waals surface area contributed by atoms with Crippen LogP contribution in [0.25, 0.3) is 11.0 Å². The molecule has 0 unspecified atom stereocenters. The number of fused-ring (bicyclic) bond motifs is 5. The average molecular weight is 449 g/mol. The highest BCUT2D eigenvalue weighted by molar-refractivity contribution is 5.82. The molecule has 2 aliphatic heterocycles. The number of aryl methyl sites for hydroxylation is 1. The third-order valence-corrected chi connectivity index (χ3v) is 6.80. The highest BCUT2D eigenvalue weighted by Gasteiger charge is 2.36. The van der Waals surface area contributed by atoms with E-state index in [1.165, 1.54) is 0 Å². The Labute approximate surface area is 191 Å². The molecular formula is C26H28N2O5. The first-order chi connectivity index (χ1) is 16.0. The fourth-order valence-electron chi connectivity index (χ4n) is 5.21. The number of pyridine rings is 1. The van der Waals surface area contributed by atoms with Gasteiger partial charge in [-0.1, -0.05) is 19.4 Å². The van der Waals surface area contributed by atoms with Crippen LogP contribution in [-0.2, 0) is 17.8 Å². The number of carbonyl (C=O) groups excluding carboxylic acids is 1. The van der Waals surface area contributed by atoms with Crippen LogP contribution >= 0.6 is 0 Å². The van der Waals surface area contributed by atoms with Gasteiger partial charge in [0.05, 0.1) is 0 Å². The second kappa shape index (κ2) is 8.89. The van der Waals surface area contributed by atoms with Crippen LogP contribution in [0.2, 0.25) is 0 Å². The molecule has 3 aromatic rings. The van der Waals surface area contributed by atoms with Crippen LogP contribution < -0.4 is 15.9 Å². The van der Waals surface area contributed by atoms with Crippen molar-refractivity contribution in [1.82, 2.24) is 9.47 Å². The molecule has 0 N–H and O–H groups in total. The van der Waals surface area contributed by atoms with Crippen molar-refractivity contribution in [3.05, 3.63) is 74.5 Å². The summed E-state index contributed by atoms with van der Waals surface area (Å²) in [6.07, 6.45) is 3.87. The molecule has 0 aliphatic carbocycles. The molecule has 2 aliphatic rings. The number of hydrogen-bond acceptors (Lipinski definition) is 5. The highest BCUT2D eigenvalue weighted by atomic mass is 16.5. The maximum atomic E-state index is 12.9. The van der Waals surface area contributed by atoms with Gasteiger partial charge in [0.2, 0.25) is 0 Å². The van der Waals surface area contributed by atoms with Crippen LogP contribution in [0.15, 0.2) is 56.5 Å². The van der Waals surface area contributed by atoms with Gasteiger partial charge in [-0.25, -0.2) is 4.79 Å². The lowest BCUT2D eigenvalue weighted by atomic mass is 9.83. The Morgan fingerprint density at radius 2 is 2.00 bits per heavy atom. The summed E-state index contributed by atoms with van der Waals surface area (Å²) in [5.74, 6) is 0.874. The number of benzene rings is 1. The van der Waals surface area contributed by atoms with Gasteiger partial charge in [0.25, 0.3) is 11.5 Å². The van der Waals surface area contributed by atoms with Gasteiger partial charge in [-0.15, -0.1) is 0 Å². The summed E-state index contributed by atoms with van der Waals surface area (Å²) < 4.78 is 13.0. The molecule has 0 saturated carbocycles. The molecule has 1 saturated heterocycles. The highest BCUT2D eigenvalue weighted by Crippen LogP contribution is 2.35. The van der Waals surface area contributed by atoms with Crippen molar-refractivity contribution in [1.29, 1.82) is 0 Å². The van der Waals surface area contributed by atoms with E-state index >= 15 is 0 Å². The Balaban J connectivity index is 1.28. The van der Waals surface area contributed by atoms with Crippen molar-refractivity contribution >= 4 is 16.9 Å². The van der Waals surface area contributed by atoms with E-state index in [0.717, 1.165) is 42.3 Å². The van der Waals surface area contributed by atoms with Gasteiger partial charge in [-0.05, 0) is 48.9 Å².